The third-order valence-corrected chi connectivity index (χ3v) is 6.14. The van der Waals surface area contributed by atoms with Crippen LogP contribution in [0.25, 0.3) is 0 Å². The summed E-state index contributed by atoms with van der Waals surface area (Å²) in [5, 5.41) is 0.683. The van der Waals surface area contributed by atoms with Crippen LogP contribution in [0, 0.1) is 11.7 Å². The molecule has 0 radical (unpaired) electrons. The summed E-state index contributed by atoms with van der Waals surface area (Å²) in [5.41, 5.74) is 1.91. The van der Waals surface area contributed by atoms with Gasteiger partial charge >= 0.3 is 0 Å². The number of halogens is 2. The number of rotatable bonds is 7. The molecule has 0 spiro atoms. The van der Waals surface area contributed by atoms with Gasteiger partial charge in [0.15, 0.2) is 0 Å². The van der Waals surface area contributed by atoms with E-state index in [1.165, 1.54) is 25.0 Å². The number of hydrogen-bond donors (Lipinski definition) is 0. The van der Waals surface area contributed by atoms with Crippen molar-refractivity contribution in [2.75, 3.05) is 26.7 Å². The number of likely N-dealkylation sites (N-methyl/N-ethyl adjacent to an activating group) is 1. The minimum Gasteiger partial charge on any atom is -0.341 e. The fraction of sp³-hybridized carbons (Fsp3) is 0.458. The van der Waals surface area contributed by atoms with E-state index in [1.807, 2.05) is 31.3 Å². The second-order valence-electron chi connectivity index (χ2n) is 8.24. The third kappa shape index (κ3) is 6.28. The lowest BCUT2D eigenvalue weighted by Gasteiger charge is -2.32. The second-order valence-corrected chi connectivity index (χ2v) is 8.67. The molecule has 3 rings (SSSR count). The summed E-state index contributed by atoms with van der Waals surface area (Å²) >= 11 is 5.96. The summed E-state index contributed by atoms with van der Waals surface area (Å²) < 4.78 is 13.4. The van der Waals surface area contributed by atoms with E-state index in [4.69, 9.17) is 11.6 Å². The van der Waals surface area contributed by atoms with E-state index in [-0.39, 0.29) is 17.6 Å². The van der Waals surface area contributed by atoms with E-state index < -0.39 is 0 Å². The predicted octanol–water partition coefficient (Wildman–Crippen LogP) is 5.34. The molecule has 1 saturated heterocycles. The number of piperidine rings is 1. The lowest BCUT2D eigenvalue weighted by molar-refractivity contribution is -0.132. The third-order valence-electron chi connectivity index (χ3n) is 5.89. The summed E-state index contributed by atoms with van der Waals surface area (Å²) in [7, 11) is 1.83. The van der Waals surface area contributed by atoms with Crippen LogP contribution in [-0.2, 0) is 11.3 Å². The zero-order valence-corrected chi connectivity index (χ0v) is 18.0. The van der Waals surface area contributed by atoms with Crippen molar-refractivity contribution >= 4 is 17.5 Å². The molecule has 3 nitrogen and oxygen atoms in total. The van der Waals surface area contributed by atoms with Crippen LogP contribution >= 0.6 is 11.6 Å². The molecular formula is C24H30ClFN2O. The highest BCUT2D eigenvalue weighted by Crippen LogP contribution is 2.25. The fourth-order valence-electron chi connectivity index (χ4n) is 3.93. The first-order chi connectivity index (χ1) is 13.9. The van der Waals surface area contributed by atoms with Crippen LogP contribution in [0.1, 0.15) is 43.2 Å². The number of amides is 1. The molecule has 0 aliphatic carbocycles. The van der Waals surface area contributed by atoms with Crippen molar-refractivity contribution in [3.05, 3.63) is 70.5 Å². The van der Waals surface area contributed by atoms with Gasteiger partial charge in [0.05, 0.1) is 5.92 Å². The van der Waals surface area contributed by atoms with Crippen LogP contribution in [0.3, 0.4) is 0 Å². The monoisotopic (exact) mass is 416 g/mol. The zero-order chi connectivity index (χ0) is 20.8. The minimum atomic E-state index is -0.278. The maximum absolute atomic E-state index is 13.4. The Kier molecular flexibility index (Phi) is 7.68. The molecule has 29 heavy (non-hydrogen) atoms. The van der Waals surface area contributed by atoms with E-state index in [1.54, 1.807) is 17.0 Å². The summed E-state index contributed by atoms with van der Waals surface area (Å²) in [4.78, 5) is 17.5. The molecule has 0 bridgehead atoms. The van der Waals surface area contributed by atoms with Crippen molar-refractivity contribution in [2.24, 2.45) is 5.92 Å². The topological polar surface area (TPSA) is 23.6 Å². The molecule has 156 valence electrons. The van der Waals surface area contributed by atoms with Gasteiger partial charge < -0.3 is 9.80 Å². The lowest BCUT2D eigenvalue weighted by Crippen LogP contribution is -2.37. The van der Waals surface area contributed by atoms with Crippen LogP contribution in [0.15, 0.2) is 48.5 Å². The van der Waals surface area contributed by atoms with Crippen molar-refractivity contribution < 1.29 is 9.18 Å². The summed E-state index contributed by atoms with van der Waals surface area (Å²) in [5.74, 6) is 0.301. The molecule has 2 aromatic carbocycles. The standard InChI is InChI=1S/C24H30ClFN2O/c1-18-11-14-28(15-12-18)16-13-23(20-5-9-22(26)10-6-20)24(29)27(2)17-19-3-7-21(25)8-4-19/h3-10,18,23H,11-17H2,1-2H3. The molecule has 1 aliphatic rings. The van der Waals surface area contributed by atoms with Crippen LogP contribution < -0.4 is 0 Å². The second kappa shape index (κ2) is 10.2. The summed E-state index contributed by atoms with van der Waals surface area (Å²) in [6.45, 7) is 5.89. The van der Waals surface area contributed by atoms with Crippen molar-refractivity contribution in [2.45, 2.75) is 38.6 Å². The lowest BCUT2D eigenvalue weighted by atomic mass is 9.92. The van der Waals surface area contributed by atoms with Crippen molar-refractivity contribution in [3.63, 3.8) is 0 Å². The Labute approximate surface area is 178 Å². The quantitative estimate of drug-likeness (QED) is 0.607. The number of likely N-dealkylation sites (tertiary alicyclic amines) is 1. The normalized spacial score (nSPS) is 16.6. The smallest absolute Gasteiger partial charge is 0.230 e. The van der Waals surface area contributed by atoms with E-state index in [0.717, 1.165) is 43.1 Å². The number of carbonyl (C=O) groups excluding carboxylic acids is 1. The average molecular weight is 417 g/mol. The minimum absolute atomic E-state index is 0.0666. The Bertz CT molecular complexity index is 786. The molecule has 2 aromatic rings. The SMILES string of the molecule is CC1CCN(CCC(C(=O)N(C)Cc2ccc(Cl)cc2)c2ccc(F)cc2)CC1. The summed E-state index contributed by atoms with van der Waals surface area (Å²) in [6, 6.07) is 13.9. The number of carbonyl (C=O) groups is 1. The van der Waals surface area contributed by atoms with Gasteiger partial charge in [-0.15, -0.1) is 0 Å². The van der Waals surface area contributed by atoms with Gasteiger partial charge in [-0.25, -0.2) is 4.39 Å². The Hall–Kier alpha value is -1.91. The van der Waals surface area contributed by atoms with Gasteiger partial charge in [-0.1, -0.05) is 42.8 Å². The Balaban J connectivity index is 1.69. The maximum atomic E-state index is 13.4. The molecule has 0 aromatic heterocycles. The molecule has 0 saturated carbocycles. The molecule has 5 heteroatoms. The molecule has 1 aliphatic heterocycles. The molecule has 1 atom stereocenters. The Morgan fingerprint density at radius 1 is 1.14 bits per heavy atom. The number of benzene rings is 2. The average Bonchev–Trinajstić information content (AvgIpc) is 2.72. The number of hydrogen-bond acceptors (Lipinski definition) is 2. The van der Waals surface area contributed by atoms with Crippen molar-refractivity contribution in [1.29, 1.82) is 0 Å². The van der Waals surface area contributed by atoms with Gasteiger partial charge in [0.2, 0.25) is 5.91 Å². The van der Waals surface area contributed by atoms with Crippen molar-refractivity contribution in [3.8, 4) is 0 Å². The fourth-order valence-corrected chi connectivity index (χ4v) is 4.06. The summed E-state index contributed by atoms with van der Waals surface area (Å²) in [6.07, 6.45) is 3.17. The van der Waals surface area contributed by atoms with Gasteiger partial charge in [-0.2, -0.15) is 0 Å². The first-order valence-corrected chi connectivity index (χ1v) is 10.8. The molecule has 0 N–H and O–H groups in total. The first kappa shape index (κ1) is 21.8. The zero-order valence-electron chi connectivity index (χ0n) is 17.3. The van der Waals surface area contributed by atoms with E-state index in [9.17, 15) is 9.18 Å². The highest BCUT2D eigenvalue weighted by molar-refractivity contribution is 6.30. The van der Waals surface area contributed by atoms with E-state index in [2.05, 4.69) is 11.8 Å². The highest BCUT2D eigenvalue weighted by Gasteiger charge is 2.26. The largest absolute Gasteiger partial charge is 0.341 e. The van der Waals surface area contributed by atoms with Crippen molar-refractivity contribution in [1.82, 2.24) is 9.80 Å². The van der Waals surface area contributed by atoms with Crippen LogP contribution in [0.2, 0.25) is 5.02 Å². The van der Waals surface area contributed by atoms with Crippen LogP contribution in [0.4, 0.5) is 4.39 Å². The van der Waals surface area contributed by atoms with Gasteiger partial charge in [0.25, 0.3) is 0 Å². The van der Waals surface area contributed by atoms with E-state index >= 15 is 0 Å². The Morgan fingerprint density at radius 3 is 2.38 bits per heavy atom. The van der Waals surface area contributed by atoms with Gasteiger partial charge in [-0.05, 0) is 80.2 Å². The van der Waals surface area contributed by atoms with Crippen LogP contribution in [-0.4, -0.2) is 42.4 Å². The maximum Gasteiger partial charge on any atom is 0.230 e. The number of nitrogens with zero attached hydrogens (tertiary/aromatic N) is 2. The molecule has 1 amide bonds. The molecular weight excluding hydrogens is 387 g/mol. The Morgan fingerprint density at radius 2 is 1.76 bits per heavy atom. The van der Waals surface area contributed by atoms with Gasteiger partial charge in [0, 0.05) is 18.6 Å². The highest BCUT2D eigenvalue weighted by atomic mass is 35.5. The molecule has 1 heterocycles. The van der Waals surface area contributed by atoms with Gasteiger partial charge in [-0.3, -0.25) is 4.79 Å². The van der Waals surface area contributed by atoms with E-state index in [0.29, 0.717) is 11.6 Å². The molecule has 1 unspecified atom stereocenters. The van der Waals surface area contributed by atoms with Gasteiger partial charge in [0.1, 0.15) is 5.82 Å². The first-order valence-electron chi connectivity index (χ1n) is 10.4. The predicted molar refractivity (Wildman–Crippen MR) is 117 cm³/mol. The molecule has 1 fully saturated rings. The van der Waals surface area contributed by atoms with Crippen LogP contribution in [0.5, 0.6) is 0 Å².